The van der Waals surface area contributed by atoms with Crippen LogP contribution in [0, 0.1) is 6.92 Å². The Morgan fingerprint density at radius 2 is 1.66 bits per heavy atom. The summed E-state index contributed by atoms with van der Waals surface area (Å²) in [6.07, 6.45) is 0. The van der Waals surface area contributed by atoms with E-state index in [2.05, 4.69) is 10.0 Å². The zero-order valence-corrected chi connectivity index (χ0v) is 17.8. The van der Waals surface area contributed by atoms with Gasteiger partial charge in [0.2, 0.25) is 26.0 Å². The van der Waals surface area contributed by atoms with Gasteiger partial charge in [-0.15, -0.1) is 0 Å². The van der Waals surface area contributed by atoms with Gasteiger partial charge in [0.15, 0.2) is 0 Å². The van der Waals surface area contributed by atoms with Crippen LogP contribution in [0.25, 0.3) is 0 Å². The summed E-state index contributed by atoms with van der Waals surface area (Å²) in [4.78, 5) is 12.2. The van der Waals surface area contributed by atoms with Crippen LogP contribution >= 0.6 is 0 Å². The van der Waals surface area contributed by atoms with E-state index in [9.17, 15) is 21.6 Å². The van der Waals surface area contributed by atoms with E-state index in [0.29, 0.717) is 16.9 Å². The van der Waals surface area contributed by atoms with Gasteiger partial charge in [-0.1, -0.05) is 12.1 Å². The van der Waals surface area contributed by atoms with E-state index in [1.807, 2.05) is 0 Å². The molecule has 0 saturated carbocycles. The molecule has 1 unspecified atom stereocenters. The van der Waals surface area contributed by atoms with Gasteiger partial charge in [-0.3, -0.25) is 4.79 Å². The second-order valence-electron chi connectivity index (χ2n) is 6.38. The zero-order valence-electron chi connectivity index (χ0n) is 16.2. The molecule has 0 heterocycles. The van der Waals surface area contributed by atoms with Crippen molar-refractivity contribution < 1.29 is 26.4 Å². The maximum atomic E-state index is 12.5. The summed E-state index contributed by atoms with van der Waals surface area (Å²) in [6.45, 7) is 3.24. The summed E-state index contributed by atoms with van der Waals surface area (Å²) in [5.41, 5.74) is 1.28. The zero-order chi connectivity index (χ0) is 21.8. The van der Waals surface area contributed by atoms with Crippen molar-refractivity contribution in [3.8, 4) is 5.75 Å². The van der Waals surface area contributed by atoms with Crippen molar-refractivity contribution in [2.45, 2.75) is 36.2 Å². The van der Waals surface area contributed by atoms with E-state index in [4.69, 9.17) is 9.88 Å². The molecule has 29 heavy (non-hydrogen) atoms. The van der Waals surface area contributed by atoms with Crippen molar-refractivity contribution >= 4 is 26.0 Å². The number of rotatable bonds is 8. The fourth-order valence-electron chi connectivity index (χ4n) is 2.51. The third kappa shape index (κ3) is 6.00. The third-order valence-corrected chi connectivity index (χ3v) is 6.59. The first-order valence-electron chi connectivity index (χ1n) is 8.50. The second-order valence-corrected chi connectivity index (χ2v) is 9.66. The van der Waals surface area contributed by atoms with Crippen LogP contribution in [0.4, 0.5) is 0 Å². The summed E-state index contributed by atoms with van der Waals surface area (Å²) in [7, 11) is -6.20. The van der Waals surface area contributed by atoms with Crippen LogP contribution in [0.15, 0.2) is 52.3 Å². The Hall–Kier alpha value is -2.47. The monoisotopic (exact) mass is 441 g/mol. The van der Waals surface area contributed by atoms with E-state index in [0.717, 1.165) is 0 Å². The van der Waals surface area contributed by atoms with Crippen molar-refractivity contribution in [3.63, 3.8) is 0 Å². The summed E-state index contributed by atoms with van der Waals surface area (Å²) >= 11 is 0. The molecule has 0 aliphatic heterocycles. The molecule has 158 valence electrons. The Labute approximate surface area is 170 Å². The van der Waals surface area contributed by atoms with Crippen molar-refractivity contribution in [1.82, 2.24) is 10.0 Å². The largest absolute Gasteiger partial charge is 0.496 e. The van der Waals surface area contributed by atoms with E-state index in [-0.39, 0.29) is 16.3 Å². The SMILES string of the molecule is COc1ccc(S(=O)(=O)NC(C)C(=O)NCc2ccc(S(N)(=O)=O)cc2)cc1C. The molecule has 0 bridgehead atoms. The third-order valence-electron chi connectivity index (χ3n) is 4.12. The second kappa shape index (κ2) is 8.91. The standard InChI is InChI=1S/C18H23N3O6S2/c1-12-10-16(8-9-17(12)27-3)29(25,26)21-13(2)18(22)20-11-14-4-6-15(7-5-14)28(19,23)24/h4-10,13,21H,11H2,1-3H3,(H,20,22)(H2,19,23,24). The molecule has 4 N–H and O–H groups in total. The van der Waals surface area contributed by atoms with Crippen molar-refractivity contribution in [3.05, 3.63) is 53.6 Å². The minimum Gasteiger partial charge on any atom is -0.496 e. The molecule has 2 aromatic carbocycles. The van der Waals surface area contributed by atoms with E-state index in [1.165, 1.54) is 50.4 Å². The number of nitrogens with one attached hydrogen (secondary N) is 2. The molecule has 9 nitrogen and oxygen atoms in total. The lowest BCUT2D eigenvalue weighted by atomic mass is 10.2. The number of nitrogens with two attached hydrogens (primary N) is 1. The lowest BCUT2D eigenvalue weighted by Gasteiger charge is -2.15. The first-order chi connectivity index (χ1) is 13.4. The number of carbonyl (C=O) groups is 1. The summed E-state index contributed by atoms with van der Waals surface area (Å²) in [5, 5.41) is 7.63. The topological polar surface area (TPSA) is 145 Å². The highest BCUT2D eigenvalue weighted by Crippen LogP contribution is 2.21. The average Bonchev–Trinajstić information content (AvgIpc) is 2.65. The van der Waals surface area contributed by atoms with Crippen LogP contribution in [-0.4, -0.2) is 35.9 Å². The number of methoxy groups -OCH3 is 1. The number of carbonyl (C=O) groups excluding carboxylic acids is 1. The van der Waals surface area contributed by atoms with Gasteiger partial charge in [0.05, 0.1) is 22.9 Å². The summed E-state index contributed by atoms with van der Waals surface area (Å²) in [6, 6.07) is 9.05. The van der Waals surface area contributed by atoms with Gasteiger partial charge in [0.25, 0.3) is 0 Å². The molecule has 0 spiro atoms. The Morgan fingerprint density at radius 1 is 1.07 bits per heavy atom. The molecule has 2 rings (SSSR count). The van der Waals surface area contributed by atoms with E-state index in [1.54, 1.807) is 13.0 Å². The summed E-state index contributed by atoms with van der Waals surface area (Å²) < 4.78 is 54.9. The Balaban J connectivity index is 2.00. The van der Waals surface area contributed by atoms with Crippen LogP contribution in [0.1, 0.15) is 18.1 Å². The minimum atomic E-state index is -3.90. The van der Waals surface area contributed by atoms with Gasteiger partial charge in [-0.25, -0.2) is 22.0 Å². The molecule has 2 aromatic rings. The predicted molar refractivity (Wildman–Crippen MR) is 107 cm³/mol. The highest BCUT2D eigenvalue weighted by molar-refractivity contribution is 7.89. The number of benzene rings is 2. The van der Waals surface area contributed by atoms with Crippen molar-refractivity contribution in [1.29, 1.82) is 0 Å². The van der Waals surface area contributed by atoms with Gasteiger partial charge >= 0.3 is 0 Å². The number of hydrogen-bond donors (Lipinski definition) is 3. The van der Waals surface area contributed by atoms with Gasteiger partial charge in [-0.2, -0.15) is 4.72 Å². The molecule has 1 atom stereocenters. The number of primary sulfonamides is 1. The van der Waals surface area contributed by atoms with Crippen LogP contribution in [-0.2, 0) is 31.4 Å². The maximum Gasteiger partial charge on any atom is 0.241 e. The highest BCUT2D eigenvalue weighted by Gasteiger charge is 2.22. The van der Waals surface area contributed by atoms with Gasteiger partial charge in [0, 0.05) is 6.54 Å². The van der Waals surface area contributed by atoms with Crippen LogP contribution in [0.3, 0.4) is 0 Å². The first kappa shape index (κ1) is 22.8. The van der Waals surface area contributed by atoms with Gasteiger partial charge in [0.1, 0.15) is 5.75 Å². The molecule has 11 heteroatoms. The number of hydrogen-bond acceptors (Lipinski definition) is 6. The average molecular weight is 442 g/mol. The molecule has 0 saturated heterocycles. The predicted octanol–water partition coefficient (Wildman–Crippen LogP) is 0.634. The Morgan fingerprint density at radius 3 is 2.17 bits per heavy atom. The van der Waals surface area contributed by atoms with Crippen LogP contribution in [0.2, 0.25) is 0 Å². The number of sulfonamides is 2. The first-order valence-corrected chi connectivity index (χ1v) is 11.5. The molecule has 1 amide bonds. The number of aryl methyl sites for hydroxylation is 1. The number of ether oxygens (including phenoxy) is 1. The van der Waals surface area contributed by atoms with E-state index >= 15 is 0 Å². The van der Waals surface area contributed by atoms with Crippen LogP contribution in [0.5, 0.6) is 5.75 Å². The molecule has 0 radical (unpaired) electrons. The molecule has 0 aliphatic rings. The minimum absolute atomic E-state index is 0.0223. The van der Waals surface area contributed by atoms with E-state index < -0.39 is 32.0 Å². The Kier molecular flexibility index (Phi) is 7.01. The molecular formula is C18H23N3O6S2. The lowest BCUT2D eigenvalue weighted by Crippen LogP contribution is -2.44. The normalized spacial score (nSPS) is 13.0. The molecule has 0 fully saturated rings. The summed E-state index contributed by atoms with van der Waals surface area (Å²) in [5.74, 6) is 0.0255. The molecule has 0 aromatic heterocycles. The number of amides is 1. The van der Waals surface area contributed by atoms with Gasteiger partial charge < -0.3 is 10.1 Å². The van der Waals surface area contributed by atoms with Crippen molar-refractivity contribution in [2.24, 2.45) is 5.14 Å². The fraction of sp³-hybridized carbons (Fsp3) is 0.278. The smallest absolute Gasteiger partial charge is 0.241 e. The molecular weight excluding hydrogens is 418 g/mol. The van der Waals surface area contributed by atoms with Gasteiger partial charge in [-0.05, 0) is 55.3 Å². The maximum absolute atomic E-state index is 12.5. The Bertz CT molecular complexity index is 1100. The quantitative estimate of drug-likeness (QED) is 0.548. The van der Waals surface area contributed by atoms with Crippen LogP contribution < -0.4 is 19.9 Å². The lowest BCUT2D eigenvalue weighted by molar-refractivity contribution is -0.122. The fourth-order valence-corrected chi connectivity index (χ4v) is 4.31. The highest BCUT2D eigenvalue weighted by atomic mass is 32.2. The molecule has 0 aliphatic carbocycles. The van der Waals surface area contributed by atoms with Crippen molar-refractivity contribution in [2.75, 3.05) is 7.11 Å².